The van der Waals surface area contributed by atoms with Crippen LogP contribution in [0.4, 0.5) is 14.5 Å². The Morgan fingerprint density at radius 2 is 1.95 bits per heavy atom. The van der Waals surface area contributed by atoms with Crippen molar-refractivity contribution in [3.63, 3.8) is 0 Å². The summed E-state index contributed by atoms with van der Waals surface area (Å²) in [5, 5.41) is -1.44. The highest BCUT2D eigenvalue weighted by molar-refractivity contribution is 8.14. The number of halogens is 4. The van der Waals surface area contributed by atoms with Gasteiger partial charge in [0.05, 0.1) is 10.7 Å². The molecule has 0 bridgehead atoms. The van der Waals surface area contributed by atoms with Gasteiger partial charge in [0.25, 0.3) is 0 Å². The van der Waals surface area contributed by atoms with E-state index in [1.165, 1.54) is 0 Å². The van der Waals surface area contributed by atoms with E-state index in [-0.39, 0.29) is 23.7 Å². The number of carbonyl (C=O) groups is 1. The summed E-state index contributed by atoms with van der Waals surface area (Å²) < 4.78 is 48.9. The first-order valence-corrected chi connectivity index (χ1v) is 7.83. The molecular formula is C10H7Cl2F2NO3S. The zero-order valence-electron chi connectivity index (χ0n) is 9.24. The molecule has 1 aromatic rings. The maximum Gasteiger partial charge on any atom is 0.237 e. The van der Waals surface area contributed by atoms with E-state index < -0.39 is 31.8 Å². The molecule has 1 fully saturated rings. The van der Waals surface area contributed by atoms with Gasteiger partial charge in [0, 0.05) is 29.7 Å². The SMILES string of the molecule is O=C1CC(S(=O)(=O)Cl)CN1c1c(F)cc(F)cc1Cl. The van der Waals surface area contributed by atoms with E-state index in [9.17, 15) is 22.0 Å². The summed E-state index contributed by atoms with van der Waals surface area (Å²) in [6.45, 7) is -0.313. The molecule has 1 saturated heterocycles. The van der Waals surface area contributed by atoms with Gasteiger partial charge < -0.3 is 4.90 Å². The second kappa shape index (κ2) is 4.88. The summed E-state index contributed by atoms with van der Waals surface area (Å²) in [5.41, 5.74) is -0.337. The number of hydrogen-bond donors (Lipinski definition) is 0. The maximum absolute atomic E-state index is 13.7. The molecule has 9 heteroatoms. The first kappa shape index (κ1) is 14.5. The number of benzene rings is 1. The molecule has 0 aliphatic carbocycles. The van der Waals surface area contributed by atoms with Crippen LogP contribution in [0.1, 0.15) is 6.42 Å². The Morgan fingerprint density at radius 1 is 1.32 bits per heavy atom. The Kier molecular flexibility index (Phi) is 3.72. The number of rotatable bonds is 2. The van der Waals surface area contributed by atoms with Crippen molar-refractivity contribution in [2.45, 2.75) is 11.7 Å². The third kappa shape index (κ3) is 2.82. The van der Waals surface area contributed by atoms with Crippen LogP contribution in [0.25, 0.3) is 0 Å². The molecule has 1 heterocycles. The lowest BCUT2D eigenvalue weighted by atomic mass is 10.2. The van der Waals surface area contributed by atoms with Crippen LogP contribution in [0.15, 0.2) is 12.1 Å². The molecule has 2 rings (SSSR count). The maximum atomic E-state index is 13.7. The summed E-state index contributed by atoms with van der Waals surface area (Å²) >= 11 is 5.69. The molecule has 1 unspecified atom stereocenters. The second-order valence-corrected chi connectivity index (χ2v) is 7.34. The van der Waals surface area contributed by atoms with E-state index in [2.05, 4.69) is 0 Å². The van der Waals surface area contributed by atoms with Crippen LogP contribution in [0, 0.1) is 11.6 Å². The summed E-state index contributed by atoms with van der Waals surface area (Å²) in [6, 6.07) is 1.41. The van der Waals surface area contributed by atoms with Gasteiger partial charge in [-0.3, -0.25) is 4.79 Å². The first-order chi connectivity index (χ1) is 8.70. The summed E-state index contributed by atoms with van der Waals surface area (Å²) in [6.07, 6.45) is -0.362. The summed E-state index contributed by atoms with van der Waals surface area (Å²) in [4.78, 5) is 12.6. The molecule has 1 aliphatic rings. The molecule has 1 amide bonds. The molecule has 104 valence electrons. The minimum absolute atomic E-state index is 0.307. The number of amides is 1. The van der Waals surface area contributed by atoms with Gasteiger partial charge in [-0.05, 0) is 6.07 Å². The quantitative estimate of drug-likeness (QED) is 0.782. The lowest BCUT2D eigenvalue weighted by molar-refractivity contribution is -0.117. The lowest BCUT2D eigenvalue weighted by Gasteiger charge is -2.18. The Morgan fingerprint density at radius 3 is 2.42 bits per heavy atom. The Bertz CT molecular complexity index is 627. The Balaban J connectivity index is 2.42. The molecule has 19 heavy (non-hydrogen) atoms. The highest BCUT2D eigenvalue weighted by Crippen LogP contribution is 2.34. The highest BCUT2D eigenvalue weighted by atomic mass is 35.7. The van der Waals surface area contributed by atoms with Crippen molar-refractivity contribution in [2.75, 3.05) is 11.4 Å². The lowest BCUT2D eigenvalue weighted by Crippen LogP contribution is -2.28. The van der Waals surface area contributed by atoms with E-state index >= 15 is 0 Å². The molecule has 0 aromatic heterocycles. The third-order valence-corrected chi connectivity index (χ3v) is 4.90. The van der Waals surface area contributed by atoms with Crippen LogP contribution < -0.4 is 4.90 Å². The number of carbonyl (C=O) groups excluding carboxylic acids is 1. The van der Waals surface area contributed by atoms with Crippen molar-refractivity contribution < 1.29 is 22.0 Å². The van der Waals surface area contributed by atoms with Crippen LogP contribution in [0.5, 0.6) is 0 Å². The van der Waals surface area contributed by atoms with Gasteiger partial charge in [-0.2, -0.15) is 0 Å². The van der Waals surface area contributed by atoms with E-state index in [0.717, 1.165) is 11.0 Å². The van der Waals surface area contributed by atoms with Crippen LogP contribution in [-0.2, 0) is 13.8 Å². The third-order valence-electron chi connectivity index (χ3n) is 2.74. The zero-order chi connectivity index (χ0) is 14.4. The average molecular weight is 330 g/mol. The predicted molar refractivity (Wildman–Crippen MR) is 66.9 cm³/mol. The van der Waals surface area contributed by atoms with Crippen molar-refractivity contribution in [3.8, 4) is 0 Å². The minimum Gasteiger partial charge on any atom is -0.307 e. The van der Waals surface area contributed by atoms with E-state index in [1.54, 1.807) is 0 Å². The summed E-state index contributed by atoms with van der Waals surface area (Å²) in [5.74, 6) is -2.56. The smallest absolute Gasteiger partial charge is 0.237 e. The fraction of sp³-hybridized carbons (Fsp3) is 0.300. The van der Waals surface area contributed by atoms with Crippen LogP contribution in [0.3, 0.4) is 0 Å². The Labute approximate surface area is 117 Å². The van der Waals surface area contributed by atoms with Gasteiger partial charge in [0.2, 0.25) is 15.0 Å². The van der Waals surface area contributed by atoms with Gasteiger partial charge in [-0.1, -0.05) is 11.6 Å². The molecule has 0 saturated carbocycles. The molecular weight excluding hydrogens is 323 g/mol. The number of nitrogens with zero attached hydrogens (tertiary/aromatic N) is 1. The van der Waals surface area contributed by atoms with Crippen molar-refractivity contribution in [1.29, 1.82) is 0 Å². The molecule has 0 N–H and O–H groups in total. The standard InChI is InChI=1S/C10H7Cl2F2NO3S/c11-7-1-5(13)2-8(14)10(7)15-4-6(3-9(15)16)19(12,17)18/h1-2,6H,3-4H2. The molecule has 0 radical (unpaired) electrons. The van der Waals surface area contributed by atoms with Crippen molar-refractivity contribution in [3.05, 3.63) is 28.8 Å². The van der Waals surface area contributed by atoms with Gasteiger partial charge >= 0.3 is 0 Å². The van der Waals surface area contributed by atoms with Gasteiger partial charge in [-0.15, -0.1) is 0 Å². The molecule has 1 aromatic carbocycles. The fourth-order valence-electron chi connectivity index (χ4n) is 1.87. The van der Waals surface area contributed by atoms with E-state index in [4.69, 9.17) is 22.3 Å². The second-order valence-electron chi connectivity index (χ2n) is 4.02. The average Bonchev–Trinajstić information content (AvgIpc) is 2.59. The van der Waals surface area contributed by atoms with Crippen molar-refractivity contribution in [1.82, 2.24) is 0 Å². The van der Waals surface area contributed by atoms with Crippen LogP contribution >= 0.6 is 22.3 Å². The van der Waals surface area contributed by atoms with Gasteiger partial charge in [0.1, 0.15) is 11.1 Å². The van der Waals surface area contributed by atoms with E-state index in [0.29, 0.717) is 6.07 Å². The fourth-order valence-corrected chi connectivity index (χ4v) is 3.20. The number of hydrogen-bond acceptors (Lipinski definition) is 3. The zero-order valence-corrected chi connectivity index (χ0v) is 11.6. The van der Waals surface area contributed by atoms with Crippen LogP contribution in [0.2, 0.25) is 5.02 Å². The predicted octanol–water partition coefficient (Wildman–Crippen LogP) is 2.29. The summed E-state index contributed by atoms with van der Waals surface area (Å²) in [7, 11) is 1.23. The Hall–Kier alpha value is -0.920. The van der Waals surface area contributed by atoms with Crippen molar-refractivity contribution in [2.24, 2.45) is 0 Å². The molecule has 4 nitrogen and oxygen atoms in total. The molecule has 0 spiro atoms. The van der Waals surface area contributed by atoms with Gasteiger partial charge in [0.15, 0.2) is 5.82 Å². The normalized spacial score (nSPS) is 20.1. The van der Waals surface area contributed by atoms with Crippen molar-refractivity contribution >= 4 is 42.9 Å². The highest BCUT2D eigenvalue weighted by Gasteiger charge is 2.39. The van der Waals surface area contributed by atoms with Crippen LogP contribution in [-0.4, -0.2) is 26.1 Å². The topological polar surface area (TPSA) is 54.5 Å². The minimum atomic E-state index is -3.94. The molecule has 1 aliphatic heterocycles. The first-order valence-electron chi connectivity index (χ1n) is 5.08. The monoisotopic (exact) mass is 329 g/mol. The van der Waals surface area contributed by atoms with Gasteiger partial charge in [-0.25, -0.2) is 17.2 Å². The van der Waals surface area contributed by atoms with E-state index in [1.807, 2.05) is 0 Å². The number of anilines is 1. The largest absolute Gasteiger partial charge is 0.307 e. The molecule has 1 atom stereocenters.